The van der Waals surface area contributed by atoms with Gasteiger partial charge in [-0.15, -0.1) is 11.3 Å². The fraction of sp³-hybridized carbons (Fsp3) is 0.222. The highest BCUT2D eigenvalue weighted by molar-refractivity contribution is 14.1. The number of hydrogen-bond donors (Lipinski definition) is 0. The summed E-state index contributed by atoms with van der Waals surface area (Å²) >= 11 is 3.57. The fourth-order valence-electron chi connectivity index (χ4n) is 1.29. The number of aryl methyl sites for hydroxylation is 1. The normalized spacial score (nSPS) is 12.1. The summed E-state index contributed by atoms with van der Waals surface area (Å²) in [7, 11) is 1.51. The second-order valence-corrected chi connectivity index (χ2v) is 6.12. The van der Waals surface area contributed by atoms with Gasteiger partial charge in [-0.25, -0.2) is 0 Å². The van der Waals surface area contributed by atoms with Gasteiger partial charge < -0.3 is 0 Å². The van der Waals surface area contributed by atoms with E-state index in [9.17, 15) is 13.2 Å². The van der Waals surface area contributed by atoms with E-state index in [2.05, 4.69) is 27.7 Å². The minimum atomic E-state index is -4.39. The maximum Gasteiger partial charge on any atom is 0.435 e. The maximum absolute atomic E-state index is 12.4. The lowest BCUT2D eigenvalue weighted by Gasteiger charge is -1.98. The number of hydrogen-bond acceptors (Lipinski definition) is 2. The molecule has 0 bridgehead atoms. The molecular weight excluding hydrogens is 352 g/mol. The van der Waals surface area contributed by atoms with Crippen LogP contribution < -0.4 is 0 Å². The van der Waals surface area contributed by atoms with Crippen LogP contribution in [0.2, 0.25) is 0 Å². The molecule has 2 heterocycles. The number of thiophene rings is 1. The van der Waals surface area contributed by atoms with Crippen molar-refractivity contribution in [3.05, 3.63) is 26.8 Å². The Morgan fingerprint density at radius 3 is 2.50 bits per heavy atom. The molecule has 86 valence electrons. The maximum atomic E-state index is 12.4. The van der Waals surface area contributed by atoms with E-state index in [0.29, 0.717) is 5.69 Å². The van der Waals surface area contributed by atoms with Crippen LogP contribution in [0.5, 0.6) is 0 Å². The third-order valence-corrected chi connectivity index (χ3v) is 3.91. The van der Waals surface area contributed by atoms with Gasteiger partial charge in [-0.2, -0.15) is 18.3 Å². The molecule has 0 aliphatic heterocycles. The van der Waals surface area contributed by atoms with E-state index in [1.54, 1.807) is 6.07 Å². The van der Waals surface area contributed by atoms with Gasteiger partial charge in [0.15, 0.2) is 5.69 Å². The molecule has 2 rings (SSSR count). The summed E-state index contributed by atoms with van der Waals surface area (Å²) in [6.07, 6.45) is -4.39. The molecule has 0 aliphatic rings. The van der Waals surface area contributed by atoms with E-state index in [1.165, 1.54) is 23.1 Å². The van der Waals surface area contributed by atoms with Gasteiger partial charge in [0.05, 0.1) is 13.5 Å². The first-order valence-electron chi connectivity index (χ1n) is 4.25. The Morgan fingerprint density at radius 1 is 1.38 bits per heavy atom. The first kappa shape index (κ1) is 11.9. The first-order valence-corrected chi connectivity index (χ1v) is 6.14. The Morgan fingerprint density at radius 2 is 2.06 bits per heavy atom. The molecule has 0 amide bonds. The second kappa shape index (κ2) is 4.02. The van der Waals surface area contributed by atoms with Crippen molar-refractivity contribution >= 4 is 33.9 Å². The first-order chi connectivity index (χ1) is 7.38. The van der Waals surface area contributed by atoms with Gasteiger partial charge in [0.2, 0.25) is 0 Å². The molecule has 0 radical (unpaired) electrons. The molecule has 0 saturated carbocycles. The number of aromatic nitrogens is 2. The highest BCUT2D eigenvalue weighted by Gasteiger charge is 2.34. The quantitative estimate of drug-likeness (QED) is 0.710. The van der Waals surface area contributed by atoms with Crippen molar-refractivity contribution in [3.8, 4) is 10.6 Å². The number of alkyl halides is 3. The lowest BCUT2D eigenvalue weighted by molar-refractivity contribution is -0.141. The van der Waals surface area contributed by atoms with Crippen LogP contribution in [0.1, 0.15) is 5.69 Å². The molecule has 0 atom stereocenters. The Balaban J connectivity index is 2.47. The highest BCUT2D eigenvalue weighted by Crippen LogP contribution is 2.34. The molecular formula is C9H6F3IN2S. The third-order valence-electron chi connectivity index (χ3n) is 2.00. The lowest BCUT2D eigenvalue weighted by atomic mass is 10.3. The average molecular weight is 358 g/mol. The third kappa shape index (κ3) is 2.24. The van der Waals surface area contributed by atoms with E-state index in [1.807, 2.05) is 6.07 Å². The van der Waals surface area contributed by atoms with Crippen LogP contribution in [0.4, 0.5) is 13.2 Å². The Hall–Kier alpha value is -0.570. The van der Waals surface area contributed by atoms with Gasteiger partial charge in [-0.05, 0) is 40.8 Å². The average Bonchev–Trinajstić information content (AvgIpc) is 2.70. The Kier molecular flexibility index (Phi) is 2.99. The molecule has 0 aromatic carbocycles. The molecule has 0 spiro atoms. The second-order valence-electron chi connectivity index (χ2n) is 3.14. The van der Waals surface area contributed by atoms with Gasteiger partial charge in [0, 0.05) is 7.05 Å². The number of rotatable bonds is 1. The molecule has 16 heavy (non-hydrogen) atoms. The largest absolute Gasteiger partial charge is 0.435 e. The summed E-state index contributed by atoms with van der Waals surface area (Å²) in [5.74, 6) is 0. The summed E-state index contributed by atoms with van der Waals surface area (Å²) in [5, 5.41) is 3.46. The summed E-state index contributed by atoms with van der Waals surface area (Å²) in [6.45, 7) is 0. The molecule has 0 fully saturated rings. The monoisotopic (exact) mass is 358 g/mol. The predicted octanol–water partition coefficient (Wildman–Crippen LogP) is 3.77. The van der Waals surface area contributed by atoms with Crippen LogP contribution in [-0.2, 0) is 13.2 Å². The SMILES string of the molecule is Cn1nc(C(F)(F)F)cc1-c1ccc(I)s1. The zero-order valence-corrected chi connectivity index (χ0v) is 11.0. The molecule has 7 heteroatoms. The smallest absolute Gasteiger partial charge is 0.267 e. The molecule has 2 aromatic heterocycles. The van der Waals surface area contributed by atoms with Crippen molar-refractivity contribution in [1.82, 2.24) is 9.78 Å². The molecule has 2 nitrogen and oxygen atoms in total. The van der Waals surface area contributed by atoms with Crippen LogP contribution in [0.25, 0.3) is 10.6 Å². The summed E-state index contributed by atoms with van der Waals surface area (Å²) in [5.41, 5.74) is -0.367. The Labute approximate surface area is 107 Å². The van der Waals surface area contributed by atoms with Crippen LogP contribution in [0, 0.1) is 2.88 Å². The van der Waals surface area contributed by atoms with E-state index in [4.69, 9.17) is 0 Å². The highest BCUT2D eigenvalue weighted by atomic mass is 127. The van der Waals surface area contributed by atoms with E-state index in [0.717, 1.165) is 13.8 Å². The minimum Gasteiger partial charge on any atom is -0.267 e. The van der Waals surface area contributed by atoms with Crippen LogP contribution in [-0.4, -0.2) is 9.78 Å². The summed E-state index contributed by atoms with van der Waals surface area (Å²) in [6, 6.07) is 4.73. The summed E-state index contributed by atoms with van der Waals surface area (Å²) in [4.78, 5) is 0.787. The zero-order chi connectivity index (χ0) is 11.9. The molecule has 0 saturated heterocycles. The summed E-state index contributed by atoms with van der Waals surface area (Å²) < 4.78 is 39.6. The van der Waals surface area contributed by atoms with Crippen molar-refractivity contribution in [2.45, 2.75) is 6.18 Å². The van der Waals surface area contributed by atoms with E-state index >= 15 is 0 Å². The van der Waals surface area contributed by atoms with Gasteiger partial charge in [0.1, 0.15) is 0 Å². The van der Waals surface area contributed by atoms with Gasteiger partial charge in [-0.1, -0.05) is 0 Å². The van der Waals surface area contributed by atoms with Crippen LogP contribution in [0.15, 0.2) is 18.2 Å². The topological polar surface area (TPSA) is 17.8 Å². The molecule has 2 aromatic rings. The van der Waals surface area contributed by atoms with Crippen molar-refractivity contribution in [2.24, 2.45) is 7.05 Å². The predicted molar refractivity (Wildman–Crippen MR) is 64.2 cm³/mol. The van der Waals surface area contributed by atoms with Gasteiger partial charge in [0.25, 0.3) is 0 Å². The van der Waals surface area contributed by atoms with Crippen LogP contribution in [0.3, 0.4) is 0 Å². The van der Waals surface area contributed by atoms with Gasteiger partial charge >= 0.3 is 6.18 Å². The van der Waals surface area contributed by atoms with Crippen LogP contribution >= 0.6 is 33.9 Å². The standard InChI is InChI=1S/C9H6F3IN2S/c1-15-5(6-2-3-8(13)16-6)4-7(14-15)9(10,11)12/h2-4H,1H3. The van der Waals surface area contributed by atoms with E-state index < -0.39 is 11.9 Å². The van der Waals surface area contributed by atoms with Crippen molar-refractivity contribution < 1.29 is 13.2 Å². The minimum absolute atomic E-state index is 0.486. The Bertz CT molecular complexity index is 515. The van der Waals surface area contributed by atoms with Crippen molar-refractivity contribution in [2.75, 3.05) is 0 Å². The molecule has 0 N–H and O–H groups in total. The van der Waals surface area contributed by atoms with Crippen molar-refractivity contribution in [1.29, 1.82) is 0 Å². The number of halogens is 4. The molecule has 0 unspecified atom stereocenters. The molecule has 0 aliphatic carbocycles. The van der Waals surface area contributed by atoms with Gasteiger partial charge in [-0.3, -0.25) is 4.68 Å². The number of nitrogens with zero attached hydrogens (tertiary/aromatic N) is 2. The van der Waals surface area contributed by atoms with Crippen molar-refractivity contribution in [3.63, 3.8) is 0 Å². The van der Waals surface area contributed by atoms with E-state index in [-0.39, 0.29) is 0 Å². The zero-order valence-electron chi connectivity index (χ0n) is 8.05. The fourth-order valence-corrected chi connectivity index (χ4v) is 2.96. The lowest BCUT2D eigenvalue weighted by Crippen LogP contribution is -2.06.